The van der Waals surface area contributed by atoms with Gasteiger partial charge in [-0.05, 0) is 32.1 Å². The van der Waals surface area contributed by atoms with E-state index < -0.39 is 0 Å². The van der Waals surface area contributed by atoms with Crippen LogP contribution in [0.1, 0.15) is 31.7 Å². The van der Waals surface area contributed by atoms with E-state index in [-0.39, 0.29) is 0 Å². The summed E-state index contributed by atoms with van der Waals surface area (Å²) in [4.78, 5) is 2.27. The number of unbranched alkanes of at least 4 members (excludes halogenated alkanes) is 2. The molecule has 0 heterocycles. The first kappa shape index (κ1) is 14.5. The third kappa shape index (κ3) is 5.20. The number of para-hydroxylation sites is 1. The van der Waals surface area contributed by atoms with Crippen molar-refractivity contribution < 1.29 is 4.74 Å². The van der Waals surface area contributed by atoms with Gasteiger partial charge in [0.15, 0.2) is 0 Å². The van der Waals surface area contributed by atoms with Gasteiger partial charge in [-0.15, -0.1) is 0 Å². The molecule has 0 amide bonds. The topological polar surface area (TPSA) is 36.3 Å². The van der Waals surface area contributed by atoms with Gasteiger partial charge >= 0.3 is 0 Å². The fraction of sp³-hybridized carbons (Fsp3) is 0.533. The molecule has 0 spiro atoms. The van der Waals surface area contributed by atoms with Crippen LogP contribution < -0.4 is 4.74 Å². The summed E-state index contributed by atoms with van der Waals surface area (Å²) in [5, 5.41) is 8.93. The van der Waals surface area contributed by atoms with Gasteiger partial charge in [0.25, 0.3) is 0 Å². The van der Waals surface area contributed by atoms with Gasteiger partial charge in [-0.1, -0.05) is 31.9 Å². The van der Waals surface area contributed by atoms with Crippen LogP contribution in [0.4, 0.5) is 0 Å². The highest BCUT2D eigenvalue weighted by Gasteiger charge is 2.02. The van der Waals surface area contributed by atoms with Gasteiger partial charge in [-0.25, -0.2) is 0 Å². The maximum absolute atomic E-state index is 8.93. The molecule has 0 aromatic heterocycles. The van der Waals surface area contributed by atoms with Gasteiger partial charge in [0.05, 0.1) is 5.56 Å². The van der Waals surface area contributed by atoms with Gasteiger partial charge in [-0.3, -0.25) is 0 Å². The molecule has 0 unspecified atom stereocenters. The molecule has 1 rings (SSSR count). The number of nitriles is 1. The Morgan fingerprint density at radius 3 is 2.72 bits per heavy atom. The Kier molecular flexibility index (Phi) is 6.90. The van der Waals surface area contributed by atoms with E-state index in [0.717, 1.165) is 13.1 Å². The van der Waals surface area contributed by atoms with Crippen molar-refractivity contribution in [2.45, 2.75) is 26.2 Å². The normalized spacial score (nSPS) is 10.3. The molecule has 3 nitrogen and oxygen atoms in total. The summed E-state index contributed by atoms with van der Waals surface area (Å²) in [5.41, 5.74) is 0.603. The second-order valence-corrected chi connectivity index (χ2v) is 4.47. The molecule has 0 N–H and O–H groups in total. The number of nitrogens with zero attached hydrogens (tertiary/aromatic N) is 2. The highest BCUT2D eigenvalue weighted by Crippen LogP contribution is 2.16. The fourth-order valence-corrected chi connectivity index (χ4v) is 1.74. The zero-order chi connectivity index (χ0) is 13.2. The van der Waals surface area contributed by atoms with Crippen molar-refractivity contribution in [3.8, 4) is 11.8 Å². The zero-order valence-electron chi connectivity index (χ0n) is 11.4. The summed E-state index contributed by atoms with van der Waals surface area (Å²) in [6, 6.07) is 9.50. The molecule has 0 saturated carbocycles. The molecule has 1 aromatic carbocycles. The first-order valence-corrected chi connectivity index (χ1v) is 6.58. The highest BCUT2D eigenvalue weighted by molar-refractivity contribution is 5.42. The highest BCUT2D eigenvalue weighted by atomic mass is 16.5. The molecule has 0 aliphatic carbocycles. The Morgan fingerprint density at radius 1 is 1.22 bits per heavy atom. The summed E-state index contributed by atoms with van der Waals surface area (Å²) >= 11 is 0. The SMILES string of the molecule is CCCCCN(C)CCOc1ccccc1C#N. The fourth-order valence-electron chi connectivity index (χ4n) is 1.74. The summed E-state index contributed by atoms with van der Waals surface area (Å²) in [7, 11) is 2.11. The predicted octanol–water partition coefficient (Wildman–Crippen LogP) is 3.06. The summed E-state index contributed by atoms with van der Waals surface area (Å²) in [6.45, 7) is 4.84. The van der Waals surface area contributed by atoms with Gasteiger partial charge in [-0.2, -0.15) is 5.26 Å². The van der Waals surface area contributed by atoms with Crippen LogP contribution in [-0.2, 0) is 0 Å². The van der Waals surface area contributed by atoms with E-state index in [2.05, 4.69) is 24.9 Å². The number of hydrogen-bond donors (Lipinski definition) is 0. The number of hydrogen-bond acceptors (Lipinski definition) is 3. The van der Waals surface area contributed by atoms with E-state index in [1.165, 1.54) is 19.3 Å². The van der Waals surface area contributed by atoms with Crippen LogP contribution in [0.15, 0.2) is 24.3 Å². The lowest BCUT2D eigenvalue weighted by atomic mass is 10.2. The molecule has 3 heteroatoms. The number of rotatable bonds is 8. The summed E-state index contributed by atoms with van der Waals surface area (Å²) in [5.74, 6) is 0.682. The molecular formula is C15H22N2O. The molecule has 0 radical (unpaired) electrons. The molecule has 1 aromatic rings. The van der Waals surface area contributed by atoms with Crippen molar-refractivity contribution in [1.82, 2.24) is 4.90 Å². The van der Waals surface area contributed by atoms with E-state index in [1.54, 1.807) is 6.07 Å². The minimum Gasteiger partial charge on any atom is -0.491 e. The number of benzene rings is 1. The van der Waals surface area contributed by atoms with Crippen LogP contribution >= 0.6 is 0 Å². The number of ether oxygens (including phenoxy) is 1. The standard InChI is InChI=1S/C15H22N2O/c1-3-4-7-10-17(2)11-12-18-15-9-6-5-8-14(15)13-16/h5-6,8-9H,3-4,7,10-12H2,1-2H3. The van der Waals surface area contributed by atoms with E-state index in [4.69, 9.17) is 10.00 Å². The lowest BCUT2D eigenvalue weighted by Crippen LogP contribution is -2.25. The Balaban J connectivity index is 2.27. The van der Waals surface area contributed by atoms with Gasteiger partial charge in [0.1, 0.15) is 18.4 Å². The monoisotopic (exact) mass is 246 g/mol. The van der Waals surface area contributed by atoms with Crippen molar-refractivity contribution in [2.24, 2.45) is 0 Å². The molecular weight excluding hydrogens is 224 g/mol. The molecule has 0 fully saturated rings. The van der Waals surface area contributed by atoms with Crippen LogP contribution in [-0.4, -0.2) is 31.6 Å². The first-order chi connectivity index (χ1) is 8.77. The van der Waals surface area contributed by atoms with Crippen molar-refractivity contribution in [3.63, 3.8) is 0 Å². The van der Waals surface area contributed by atoms with Gasteiger partial charge in [0.2, 0.25) is 0 Å². The van der Waals surface area contributed by atoms with Crippen LogP contribution in [0.5, 0.6) is 5.75 Å². The van der Waals surface area contributed by atoms with E-state index >= 15 is 0 Å². The van der Waals surface area contributed by atoms with Gasteiger partial charge < -0.3 is 9.64 Å². The molecule has 0 aliphatic rings. The summed E-state index contributed by atoms with van der Waals surface area (Å²) in [6.07, 6.45) is 3.77. The smallest absolute Gasteiger partial charge is 0.137 e. The first-order valence-electron chi connectivity index (χ1n) is 6.58. The van der Waals surface area contributed by atoms with Crippen molar-refractivity contribution in [3.05, 3.63) is 29.8 Å². The average Bonchev–Trinajstić information content (AvgIpc) is 2.39. The largest absolute Gasteiger partial charge is 0.491 e. The minimum atomic E-state index is 0.603. The third-order valence-electron chi connectivity index (χ3n) is 2.88. The Labute approximate surface area is 110 Å². The van der Waals surface area contributed by atoms with Crippen LogP contribution in [0, 0.1) is 11.3 Å². The van der Waals surface area contributed by atoms with E-state index in [9.17, 15) is 0 Å². The molecule has 18 heavy (non-hydrogen) atoms. The van der Waals surface area contributed by atoms with Crippen LogP contribution in [0.2, 0.25) is 0 Å². The number of likely N-dealkylation sites (N-methyl/N-ethyl adjacent to an activating group) is 1. The molecule has 0 aliphatic heterocycles. The van der Waals surface area contributed by atoms with Crippen LogP contribution in [0.25, 0.3) is 0 Å². The zero-order valence-corrected chi connectivity index (χ0v) is 11.4. The quantitative estimate of drug-likeness (QED) is 0.661. The molecule has 0 saturated heterocycles. The van der Waals surface area contributed by atoms with Crippen molar-refractivity contribution in [1.29, 1.82) is 5.26 Å². The molecule has 0 atom stereocenters. The van der Waals surface area contributed by atoms with E-state index in [0.29, 0.717) is 17.9 Å². The lowest BCUT2D eigenvalue weighted by Gasteiger charge is -2.16. The lowest BCUT2D eigenvalue weighted by molar-refractivity contribution is 0.234. The second kappa shape index (κ2) is 8.54. The third-order valence-corrected chi connectivity index (χ3v) is 2.88. The summed E-state index contributed by atoms with van der Waals surface area (Å²) < 4.78 is 5.64. The Bertz CT molecular complexity index is 384. The van der Waals surface area contributed by atoms with E-state index in [1.807, 2.05) is 18.2 Å². The van der Waals surface area contributed by atoms with Crippen LogP contribution in [0.3, 0.4) is 0 Å². The molecule has 98 valence electrons. The minimum absolute atomic E-state index is 0.603. The maximum atomic E-state index is 8.93. The predicted molar refractivity (Wildman–Crippen MR) is 73.7 cm³/mol. The average molecular weight is 246 g/mol. The van der Waals surface area contributed by atoms with Gasteiger partial charge in [0, 0.05) is 6.54 Å². The second-order valence-electron chi connectivity index (χ2n) is 4.47. The maximum Gasteiger partial charge on any atom is 0.137 e. The van der Waals surface area contributed by atoms with Crippen molar-refractivity contribution in [2.75, 3.05) is 26.7 Å². The Morgan fingerprint density at radius 2 is 2.00 bits per heavy atom. The van der Waals surface area contributed by atoms with Crippen molar-refractivity contribution >= 4 is 0 Å². The Hall–Kier alpha value is -1.53. The molecule has 0 bridgehead atoms.